The maximum Gasteiger partial charge on any atom is 0.330 e. The molecule has 0 unspecified atom stereocenters. The number of halogens is 1. The quantitative estimate of drug-likeness (QED) is 0.771. The van der Waals surface area contributed by atoms with E-state index < -0.39 is 17.0 Å². The van der Waals surface area contributed by atoms with E-state index in [0.29, 0.717) is 21.6 Å². The lowest BCUT2D eigenvalue weighted by atomic mass is 10.1. The van der Waals surface area contributed by atoms with E-state index in [1.807, 2.05) is 0 Å². The van der Waals surface area contributed by atoms with Gasteiger partial charge in [-0.25, -0.2) is 4.79 Å². The Morgan fingerprint density at radius 1 is 1.04 bits per heavy atom. The molecule has 2 aromatic heterocycles. The summed E-state index contributed by atoms with van der Waals surface area (Å²) in [5.41, 5.74) is -0.327. The molecule has 7 heteroatoms. The summed E-state index contributed by atoms with van der Waals surface area (Å²) < 4.78 is 4.07. The standard InChI is InChI=1S/C17H18ClN3O3/c1-17(2,24)21-9-12-13(15(22)20(4)16(23)19(12)3)14(21)10-5-7-11(18)8-6-10/h5-9,24H,1-4H3. The molecule has 0 fully saturated rings. The number of nitrogens with zero attached hydrogens (tertiary/aromatic N) is 3. The molecule has 0 amide bonds. The van der Waals surface area contributed by atoms with Crippen LogP contribution in [0.2, 0.25) is 5.02 Å². The molecule has 0 aliphatic carbocycles. The minimum absolute atomic E-state index is 0.379. The Bertz CT molecular complexity index is 1050. The minimum Gasteiger partial charge on any atom is -0.371 e. The molecule has 0 saturated heterocycles. The molecule has 0 saturated carbocycles. The van der Waals surface area contributed by atoms with Gasteiger partial charge in [-0.1, -0.05) is 23.7 Å². The van der Waals surface area contributed by atoms with Crippen LogP contribution in [0.5, 0.6) is 0 Å². The van der Waals surface area contributed by atoms with Gasteiger partial charge in [0.15, 0.2) is 0 Å². The molecule has 0 atom stereocenters. The number of aryl methyl sites for hydroxylation is 1. The largest absolute Gasteiger partial charge is 0.371 e. The molecular weight excluding hydrogens is 330 g/mol. The Balaban J connectivity index is 2.57. The van der Waals surface area contributed by atoms with Gasteiger partial charge < -0.3 is 9.67 Å². The van der Waals surface area contributed by atoms with Crippen molar-refractivity contribution in [3.63, 3.8) is 0 Å². The summed E-state index contributed by atoms with van der Waals surface area (Å²) in [6.45, 7) is 3.24. The van der Waals surface area contributed by atoms with Gasteiger partial charge in [0, 0.05) is 25.3 Å². The van der Waals surface area contributed by atoms with Gasteiger partial charge in [0.1, 0.15) is 5.72 Å². The van der Waals surface area contributed by atoms with E-state index in [1.165, 1.54) is 11.6 Å². The predicted molar refractivity (Wildman–Crippen MR) is 94.4 cm³/mol. The van der Waals surface area contributed by atoms with Crippen LogP contribution in [0.1, 0.15) is 13.8 Å². The first-order valence-corrected chi connectivity index (χ1v) is 7.80. The normalized spacial score (nSPS) is 12.1. The minimum atomic E-state index is -1.25. The molecule has 0 spiro atoms. The van der Waals surface area contributed by atoms with Crippen LogP contribution in [-0.4, -0.2) is 18.8 Å². The number of hydrogen-bond acceptors (Lipinski definition) is 3. The van der Waals surface area contributed by atoms with Crippen LogP contribution >= 0.6 is 11.6 Å². The van der Waals surface area contributed by atoms with E-state index in [2.05, 4.69) is 0 Å². The van der Waals surface area contributed by atoms with Crippen LogP contribution in [0, 0.1) is 0 Å². The highest BCUT2D eigenvalue weighted by Gasteiger charge is 2.25. The Morgan fingerprint density at radius 2 is 1.62 bits per heavy atom. The number of hydrogen-bond donors (Lipinski definition) is 1. The maximum atomic E-state index is 12.7. The van der Waals surface area contributed by atoms with Crippen molar-refractivity contribution in [3.05, 3.63) is 56.3 Å². The second-order valence-corrected chi connectivity index (χ2v) is 6.75. The highest BCUT2D eigenvalue weighted by atomic mass is 35.5. The molecule has 1 aromatic carbocycles. The van der Waals surface area contributed by atoms with Gasteiger partial charge >= 0.3 is 5.69 Å². The number of aliphatic hydroxyl groups is 1. The van der Waals surface area contributed by atoms with E-state index in [4.69, 9.17) is 11.6 Å². The third-order valence-corrected chi connectivity index (χ3v) is 4.40. The second-order valence-electron chi connectivity index (χ2n) is 6.32. The number of fused-ring (bicyclic) bond motifs is 1. The first-order valence-electron chi connectivity index (χ1n) is 7.43. The lowest BCUT2D eigenvalue weighted by Gasteiger charge is -2.23. The van der Waals surface area contributed by atoms with Crippen molar-refractivity contribution >= 4 is 22.5 Å². The summed E-state index contributed by atoms with van der Waals surface area (Å²) in [7, 11) is 3.04. The summed E-state index contributed by atoms with van der Waals surface area (Å²) in [4.78, 5) is 24.9. The number of benzene rings is 1. The summed E-state index contributed by atoms with van der Waals surface area (Å²) >= 11 is 5.96. The van der Waals surface area contributed by atoms with E-state index in [-0.39, 0.29) is 0 Å². The molecule has 126 valence electrons. The third-order valence-electron chi connectivity index (χ3n) is 4.15. The van der Waals surface area contributed by atoms with Crippen molar-refractivity contribution in [2.45, 2.75) is 19.6 Å². The van der Waals surface area contributed by atoms with Crippen LogP contribution in [0.25, 0.3) is 22.2 Å². The monoisotopic (exact) mass is 347 g/mol. The zero-order chi connectivity index (χ0) is 17.8. The van der Waals surface area contributed by atoms with Crippen molar-refractivity contribution < 1.29 is 5.11 Å². The van der Waals surface area contributed by atoms with E-state index in [9.17, 15) is 14.7 Å². The van der Waals surface area contributed by atoms with Gasteiger partial charge in [-0.3, -0.25) is 13.9 Å². The Kier molecular flexibility index (Phi) is 3.69. The molecule has 1 N–H and O–H groups in total. The van der Waals surface area contributed by atoms with Gasteiger partial charge in [-0.2, -0.15) is 0 Å². The van der Waals surface area contributed by atoms with E-state index in [0.717, 1.165) is 10.1 Å². The number of aromatic nitrogens is 3. The fourth-order valence-electron chi connectivity index (χ4n) is 2.86. The van der Waals surface area contributed by atoms with Crippen molar-refractivity contribution in [1.82, 2.24) is 13.7 Å². The fraction of sp³-hybridized carbons (Fsp3) is 0.294. The van der Waals surface area contributed by atoms with Crippen molar-refractivity contribution in [2.24, 2.45) is 14.1 Å². The molecule has 3 rings (SSSR count). The maximum absolute atomic E-state index is 12.7. The zero-order valence-electron chi connectivity index (χ0n) is 13.9. The van der Waals surface area contributed by atoms with Crippen LogP contribution in [0.3, 0.4) is 0 Å². The van der Waals surface area contributed by atoms with Crippen LogP contribution < -0.4 is 11.2 Å². The second kappa shape index (κ2) is 5.36. The molecule has 6 nitrogen and oxygen atoms in total. The zero-order valence-corrected chi connectivity index (χ0v) is 14.6. The number of rotatable bonds is 2. The Hall–Kier alpha value is -2.31. The van der Waals surface area contributed by atoms with E-state index in [1.54, 1.807) is 55.9 Å². The fourth-order valence-corrected chi connectivity index (χ4v) is 2.99. The first kappa shape index (κ1) is 16.5. The van der Waals surface area contributed by atoms with E-state index >= 15 is 0 Å². The van der Waals surface area contributed by atoms with Gasteiger partial charge in [0.05, 0.1) is 16.6 Å². The molecule has 24 heavy (non-hydrogen) atoms. The summed E-state index contributed by atoms with van der Waals surface area (Å²) in [5, 5.41) is 11.5. The first-order chi connectivity index (χ1) is 11.1. The molecule has 0 bridgehead atoms. The highest BCUT2D eigenvalue weighted by Crippen LogP contribution is 2.32. The molecule has 0 radical (unpaired) electrons. The lowest BCUT2D eigenvalue weighted by Crippen LogP contribution is -2.36. The highest BCUT2D eigenvalue weighted by molar-refractivity contribution is 6.30. The van der Waals surface area contributed by atoms with Gasteiger partial charge in [0.2, 0.25) is 0 Å². The molecule has 3 aromatic rings. The summed E-state index contributed by atoms with van der Waals surface area (Å²) in [5.74, 6) is 0. The predicted octanol–water partition coefficient (Wildman–Crippen LogP) is 2.04. The SMILES string of the molecule is Cn1c(=O)c2c(-c3ccc(Cl)cc3)n(C(C)(C)O)cc2n(C)c1=O. The van der Waals surface area contributed by atoms with Crippen molar-refractivity contribution in [2.75, 3.05) is 0 Å². The molecule has 0 aliphatic rings. The lowest BCUT2D eigenvalue weighted by molar-refractivity contribution is 0.00398. The topological polar surface area (TPSA) is 69.2 Å². The van der Waals surface area contributed by atoms with Crippen LogP contribution in [-0.2, 0) is 19.8 Å². The average Bonchev–Trinajstić information content (AvgIpc) is 2.92. The van der Waals surface area contributed by atoms with Gasteiger partial charge in [-0.05, 0) is 31.5 Å². The molecular formula is C17H18ClN3O3. The average molecular weight is 348 g/mol. The van der Waals surface area contributed by atoms with Crippen molar-refractivity contribution in [1.29, 1.82) is 0 Å². The van der Waals surface area contributed by atoms with Crippen molar-refractivity contribution in [3.8, 4) is 11.3 Å². The summed E-state index contributed by atoms with van der Waals surface area (Å²) in [6.07, 6.45) is 1.63. The van der Waals surface area contributed by atoms with Crippen LogP contribution in [0.15, 0.2) is 40.1 Å². The Morgan fingerprint density at radius 3 is 2.17 bits per heavy atom. The third kappa shape index (κ3) is 2.39. The van der Waals surface area contributed by atoms with Gasteiger partial charge in [0.25, 0.3) is 5.56 Å². The Labute approximate surface area is 143 Å². The smallest absolute Gasteiger partial charge is 0.330 e. The summed E-state index contributed by atoms with van der Waals surface area (Å²) in [6, 6.07) is 7.00. The molecule has 2 heterocycles. The van der Waals surface area contributed by atoms with Gasteiger partial charge in [-0.15, -0.1) is 0 Å². The molecule has 0 aliphatic heterocycles. The van der Waals surface area contributed by atoms with Crippen LogP contribution in [0.4, 0.5) is 0 Å².